The second kappa shape index (κ2) is 6.52. The average Bonchev–Trinajstić information content (AvgIpc) is 2.96. The molecule has 3 N–H and O–H groups in total. The zero-order chi connectivity index (χ0) is 16.4. The number of aromatic nitrogens is 4. The molecule has 0 aliphatic heterocycles. The molecule has 0 aliphatic rings. The van der Waals surface area contributed by atoms with Gasteiger partial charge in [-0.05, 0) is 12.1 Å². The van der Waals surface area contributed by atoms with Gasteiger partial charge in [0.15, 0.2) is 5.65 Å². The van der Waals surface area contributed by atoms with E-state index in [0.29, 0.717) is 18.1 Å². The van der Waals surface area contributed by atoms with Crippen LogP contribution in [0, 0.1) is 0 Å². The van der Waals surface area contributed by atoms with E-state index >= 15 is 0 Å². The zero-order valence-corrected chi connectivity index (χ0v) is 13.9. The summed E-state index contributed by atoms with van der Waals surface area (Å²) in [5.74, 6) is 1.71. The number of nitrogens with two attached hydrogens (primary N) is 1. The van der Waals surface area contributed by atoms with Crippen LogP contribution in [0.15, 0.2) is 30.5 Å². The third kappa shape index (κ3) is 3.00. The summed E-state index contributed by atoms with van der Waals surface area (Å²) in [7, 11) is 0. The normalized spacial score (nSPS) is 11.3. The van der Waals surface area contributed by atoms with Gasteiger partial charge in [-0.2, -0.15) is 5.10 Å². The predicted octanol–water partition coefficient (Wildman–Crippen LogP) is 2.96. The number of rotatable bonds is 5. The molecule has 3 aromatic rings. The second-order valence-electron chi connectivity index (χ2n) is 5.55. The Kier molecular flexibility index (Phi) is 4.45. The number of halogens is 1. The molecule has 0 bridgehead atoms. The Balaban J connectivity index is 2.21. The number of anilines is 1. The van der Waals surface area contributed by atoms with Crippen LogP contribution in [0.1, 0.15) is 25.6 Å². The number of nitrogens with one attached hydrogen (secondary N) is 1. The van der Waals surface area contributed by atoms with Gasteiger partial charge >= 0.3 is 0 Å². The summed E-state index contributed by atoms with van der Waals surface area (Å²) in [6.45, 7) is 5.29. The highest BCUT2D eigenvalue weighted by atomic mass is 35.5. The van der Waals surface area contributed by atoms with Crippen molar-refractivity contribution in [2.75, 3.05) is 18.4 Å². The molecule has 6 nitrogen and oxygen atoms in total. The number of nitrogens with zero attached hydrogens (tertiary/aromatic N) is 4. The summed E-state index contributed by atoms with van der Waals surface area (Å²) in [6.07, 6.45) is 1.75. The lowest BCUT2D eigenvalue weighted by molar-refractivity contribution is 0.774. The number of fused-ring (bicyclic) bond motifs is 1. The number of benzene rings is 1. The van der Waals surface area contributed by atoms with Gasteiger partial charge < -0.3 is 11.1 Å². The molecule has 0 radical (unpaired) electrons. The van der Waals surface area contributed by atoms with Crippen LogP contribution in [0.2, 0.25) is 5.02 Å². The molecule has 3 rings (SSSR count). The molecule has 120 valence electrons. The first kappa shape index (κ1) is 15.7. The number of hydrogen-bond acceptors (Lipinski definition) is 5. The van der Waals surface area contributed by atoms with Crippen LogP contribution in [0.25, 0.3) is 16.7 Å². The van der Waals surface area contributed by atoms with Gasteiger partial charge in [0.2, 0.25) is 0 Å². The summed E-state index contributed by atoms with van der Waals surface area (Å²) in [6, 6.07) is 7.56. The van der Waals surface area contributed by atoms with E-state index in [0.717, 1.165) is 28.4 Å². The van der Waals surface area contributed by atoms with Gasteiger partial charge in [0.1, 0.15) is 11.6 Å². The number of hydrogen-bond donors (Lipinski definition) is 2. The second-order valence-corrected chi connectivity index (χ2v) is 5.95. The van der Waals surface area contributed by atoms with Gasteiger partial charge in [-0.15, -0.1) is 0 Å². The number of para-hydroxylation sites is 1. The Labute approximate surface area is 139 Å². The molecule has 23 heavy (non-hydrogen) atoms. The lowest BCUT2D eigenvalue weighted by Crippen LogP contribution is -2.15. The molecular formula is C16H19ClN6. The molecule has 2 aromatic heterocycles. The molecule has 1 aromatic carbocycles. The van der Waals surface area contributed by atoms with Gasteiger partial charge in [-0.1, -0.05) is 37.6 Å². The topological polar surface area (TPSA) is 81.6 Å². The van der Waals surface area contributed by atoms with E-state index in [1.165, 1.54) is 0 Å². The van der Waals surface area contributed by atoms with Crippen molar-refractivity contribution in [1.82, 2.24) is 19.7 Å². The first-order valence-electron chi connectivity index (χ1n) is 7.56. The van der Waals surface area contributed by atoms with Crippen LogP contribution in [0.5, 0.6) is 0 Å². The lowest BCUT2D eigenvalue weighted by atomic mass is 10.2. The van der Waals surface area contributed by atoms with Crippen molar-refractivity contribution in [3.05, 3.63) is 41.3 Å². The molecule has 2 heterocycles. The summed E-state index contributed by atoms with van der Waals surface area (Å²) in [4.78, 5) is 9.28. The SMILES string of the molecule is CC(C)c1nc(NCCN)c2cnn(-c3ccccc3Cl)c2n1. The first-order valence-corrected chi connectivity index (χ1v) is 7.94. The highest BCUT2D eigenvalue weighted by Crippen LogP contribution is 2.27. The molecule has 0 spiro atoms. The molecular weight excluding hydrogens is 312 g/mol. The van der Waals surface area contributed by atoms with Crippen LogP contribution >= 0.6 is 11.6 Å². The van der Waals surface area contributed by atoms with Gasteiger partial charge in [0, 0.05) is 19.0 Å². The minimum atomic E-state index is 0.201. The van der Waals surface area contributed by atoms with Crippen molar-refractivity contribution in [1.29, 1.82) is 0 Å². The molecule has 0 unspecified atom stereocenters. The molecule has 7 heteroatoms. The third-order valence-corrected chi connectivity index (χ3v) is 3.80. The van der Waals surface area contributed by atoms with E-state index in [1.54, 1.807) is 10.9 Å². The third-order valence-electron chi connectivity index (χ3n) is 3.48. The van der Waals surface area contributed by atoms with Gasteiger partial charge in [-0.3, -0.25) is 0 Å². The minimum absolute atomic E-state index is 0.201. The Bertz CT molecular complexity index is 827. The van der Waals surface area contributed by atoms with Gasteiger partial charge in [0.05, 0.1) is 22.3 Å². The van der Waals surface area contributed by atoms with Crippen molar-refractivity contribution >= 4 is 28.5 Å². The molecule has 0 amide bonds. The molecule has 0 aliphatic carbocycles. The van der Waals surface area contributed by atoms with Crippen LogP contribution < -0.4 is 11.1 Å². The van der Waals surface area contributed by atoms with E-state index in [9.17, 15) is 0 Å². The maximum absolute atomic E-state index is 6.31. The van der Waals surface area contributed by atoms with Gasteiger partial charge in [0.25, 0.3) is 0 Å². The maximum Gasteiger partial charge on any atom is 0.168 e. The quantitative estimate of drug-likeness (QED) is 0.751. The largest absolute Gasteiger partial charge is 0.368 e. The molecule has 0 saturated carbocycles. The van der Waals surface area contributed by atoms with E-state index in [1.807, 2.05) is 24.3 Å². The Morgan fingerprint density at radius 3 is 2.74 bits per heavy atom. The van der Waals surface area contributed by atoms with E-state index in [2.05, 4.69) is 34.2 Å². The summed E-state index contributed by atoms with van der Waals surface area (Å²) >= 11 is 6.31. The fourth-order valence-electron chi connectivity index (χ4n) is 2.31. The predicted molar refractivity (Wildman–Crippen MR) is 93.3 cm³/mol. The highest BCUT2D eigenvalue weighted by Gasteiger charge is 2.16. The lowest BCUT2D eigenvalue weighted by Gasteiger charge is -2.11. The first-order chi connectivity index (χ1) is 11.1. The standard InChI is InChI=1S/C16H19ClN6/c1-10(2)14-21-15(19-8-7-18)11-9-20-23(16(11)22-14)13-6-4-3-5-12(13)17/h3-6,9-10H,7-8,18H2,1-2H3,(H,19,21,22). The Hall–Kier alpha value is -2.18. The van der Waals surface area contributed by atoms with E-state index in [4.69, 9.17) is 17.3 Å². The average molecular weight is 331 g/mol. The Morgan fingerprint density at radius 1 is 1.26 bits per heavy atom. The minimum Gasteiger partial charge on any atom is -0.368 e. The summed E-state index contributed by atoms with van der Waals surface area (Å²) in [5, 5.41) is 9.18. The van der Waals surface area contributed by atoms with Crippen LogP contribution in [0.3, 0.4) is 0 Å². The fourth-order valence-corrected chi connectivity index (χ4v) is 2.52. The van der Waals surface area contributed by atoms with E-state index in [-0.39, 0.29) is 5.92 Å². The van der Waals surface area contributed by atoms with Crippen LogP contribution in [-0.4, -0.2) is 32.8 Å². The van der Waals surface area contributed by atoms with Crippen LogP contribution in [-0.2, 0) is 0 Å². The molecule has 0 atom stereocenters. The van der Waals surface area contributed by atoms with Crippen LogP contribution in [0.4, 0.5) is 5.82 Å². The van der Waals surface area contributed by atoms with Crippen molar-refractivity contribution in [2.24, 2.45) is 5.73 Å². The molecule has 0 saturated heterocycles. The van der Waals surface area contributed by atoms with Crippen molar-refractivity contribution < 1.29 is 0 Å². The summed E-state index contributed by atoms with van der Waals surface area (Å²) in [5.41, 5.74) is 7.12. The van der Waals surface area contributed by atoms with Crippen molar-refractivity contribution in [3.63, 3.8) is 0 Å². The van der Waals surface area contributed by atoms with Crippen molar-refractivity contribution in [3.8, 4) is 5.69 Å². The van der Waals surface area contributed by atoms with Crippen molar-refractivity contribution in [2.45, 2.75) is 19.8 Å². The van der Waals surface area contributed by atoms with Gasteiger partial charge in [-0.25, -0.2) is 14.6 Å². The highest BCUT2D eigenvalue weighted by molar-refractivity contribution is 6.32. The monoisotopic (exact) mass is 330 g/mol. The molecule has 0 fully saturated rings. The summed E-state index contributed by atoms with van der Waals surface area (Å²) < 4.78 is 1.75. The maximum atomic E-state index is 6.31. The Morgan fingerprint density at radius 2 is 2.04 bits per heavy atom. The fraction of sp³-hybridized carbons (Fsp3) is 0.312. The zero-order valence-electron chi connectivity index (χ0n) is 13.1. The smallest absolute Gasteiger partial charge is 0.168 e. The van der Waals surface area contributed by atoms with E-state index < -0.39 is 0 Å².